The Morgan fingerprint density at radius 3 is 2.52 bits per heavy atom. The van der Waals surface area contributed by atoms with Crippen LogP contribution in [0, 0.1) is 0 Å². The summed E-state index contributed by atoms with van der Waals surface area (Å²) in [4.78, 5) is 26.4. The second kappa shape index (κ2) is 8.68. The normalized spacial score (nSPS) is 15.7. The molecule has 7 heteroatoms. The number of para-hydroxylation sites is 1. The van der Waals surface area contributed by atoms with Crippen LogP contribution in [0.5, 0.6) is 0 Å². The van der Waals surface area contributed by atoms with Crippen LogP contribution in [0.15, 0.2) is 48.5 Å². The summed E-state index contributed by atoms with van der Waals surface area (Å²) in [6.07, 6.45) is -2.47. The molecule has 154 valence electrons. The third-order valence-electron chi connectivity index (χ3n) is 5.25. The average Bonchev–Trinajstić information content (AvgIpc) is 3.08. The summed E-state index contributed by atoms with van der Waals surface area (Å²) >= 11 is 0. The number of hydrogen-bond acceptors (Lipinski definition) is 2. The first-order valence-electron chi connectivity index (χ1n) is 9.61. The van der Waals surface area contributed by atoms with E-state index in [1.165, 1.54) is 34.2 Å². The zero-order valence-electron chi connectivity index (χ0n) is 16.1. The van der Waals surface area contributed by atoms with E-state index in [4.69, 9.17) is 0 Å². The van der Waals surface area contributed by atoms with Crippen molar-refractivity contribution in [1.29, 1.82) is 0 Å². The average molecular weight is 404 g/mol. The van der Waals surface area contributed by atoms with Crippen molar-refractivity contribution in [2.75, 3.05) is 18.4 Å². The topological polar surface area (TPSA) is 49.4 Å². The number of carbonyl (C=O) groups excluding carboxylic acids is 2. The first kappa shape index (κ1) is 20.9. The molecule has 1 N–H and O–H groups in total. The van der Waals surface area contributed by atoms with E-state index in [0.29, 0.717) is 6.54 Å². The van der Waals surface area contributed by atoms with Gasteiger partial charge < -0.3 is 10.2 Å². The van der Waals surface area contributed by atoms with Crippen LogP contribution < -0.4 is 5.32 Å². The molecule has 2 aromatic carbocycles. The van der Waals surface area contributed by atoms with Gasteiger partial charge in [0.25, 0.3) is 0 Å². The Morgan fingerprint density at radius 2 is 1.79 bits per heavy atom. The van der Waals surface area contributed by atoms with E-state index >= 15 is 0 Å². The number of nitrogens with one attached hydrogen (secondary N) is 1. The predicted octanol–water partition coefficient (Wildman–Crippen LogP) is 4.61. The van der Waals surface area contributed by atoms with Crippen molar-refractivity contribution in [3.05, 3.63) is 65.2 Å². The van der Waals surface area contributed by atoms with E-state index in [1.807, 2.05) is 18.2 Å². The van der Waals surface area contributed by atoms with Crippen molar-refractivity contribution in [2.24, 2.45) is 0 Å². The minimum Gasteiger partial charge on any atom is -0.334 e. The van der Waals surface area contributed by atoms with Gasteiger partial charge in [-0.15, -0.1) is 0 Å². The third kappa shape index (κ3) is 4.96. The molecule has 0 radical (unpaired) electrons. The molecule has 0 bridgehead atoms. The number of halogens is 3. The molecule has 0 heterocycles. The van der Waals surface area contributed by atoms with Crippen LogP contribution in [0.3, 0.4) is 0 Å². The molecule has 1 aliphatic carbocycles. The Morgan fingerprint density at radius 1 is 1.10 bits per heavy atom. The zero-order valence-corrected chi connectivity index (χ0v) is 16.1. The standard InChI is InChI=1S/C22H23F3N2O2/c1-2-27(21(29)13-16-12-11-15-7-3-4-8-17(15)16)14-20(28)26-19-10-6-5-9-18(19)22(23,24)25/h3-10,16H,2,11-14H2,1H3,(H,26,28). The number of alkyl halides is 3. The number of aryl methyl sites for hydroxylation is 1. The maximum absolute atomic E-state index is 13.1. The summed E-state index contributed by atoms with van der Waals surface area (Å²) in [6.45, 7) is 1.77. The van der Waals surface area contributed by atoms with Crippen LogP contribution in [-0.2, 0) is 22.2 Å². The molecule has 1 atom stereocenters. The molecular formula is C22H23F3N2O2. The van der Waals surface area contributed by atoms with Crippen LogP contribution in [0.25, 0.3) is 0 Å². The van der Waals surface area contributed by atoms with Gasteiger partial charge in [0.15, 0.2) is 0 Å². The number of rotatable bonds is 6. The molecule has 0 fully saturated rings. The summed E-state index contributed by atoms with van der Waals surface area (Å²) in [7, 11) is 0. The van der Waals surface area contributed by atoms with E-state index in [2.05, 4.69) is 11.4 Å². The second-order valence-corrected chi connectivity index (χ2v) is 7.14. The fourth-order valence-electron chi connectivity index (χ4n) is 3.78. The Kier molecular flexibility index (Phi) is 6.25. The molecule has 4 nitrogen and oxygen atoms in total. The molecule has 29 heavy (non-hydrogen) atoms. The van der Waals surface area contributed by atoms with Crippen molar-refractivity contribution < 1.29 is 22.8 Å². The van der Waals surface area contributed by atoms with Gasteiger partial charge in [-0.25, -0.2) is 0 Å². The molecule has 0 aromatic heterocycles. The lowest BCUT2D eigenvalue weighted by atomic mass is 9.97. The molecule has 2 aromatic rings. The molecule has 0 aliphatic heterocycles. The molecular weight excluding hydrogens is 381 g/mol. The highest BCUT2D eigenvalue weighted by Crippen LogP contribution is 2.36. The van der Waals surface area contributed by atoms with Crippen LogP contribution in [0.2, 0.25) is 0 Å². The van der Waals surface area contributed by atoms with Gasteiger partial charge in [0.05, 0.1) is 17.8 Å². The first-order chi connectivity index (χ1) is 13.8. The van der Waals surface area contributed by atoms with Gasteiger partial charge in [0.1, 0.15) is 0 Å². The largest absolute Gasteiger partial charge is 0.418 e. The lowest BCUT2D eigenvalue weighted by molar-refractivity contribution is -0.137. The van der Waals surface area contributed by atoms with Gasteiger partial charge in [-0.2, -0.15) is 13.2 Å². The fraction of sp³-hybridized carbons (Fsp3) is 0.364. The number of likely N-dealkylation sites (N-methyl/N-ethyl adjacent to an activating group) is 1. The summed E-state index contributed by atoms with van der Waals surface area (Å²) in [6, 6.07) is 12.8. The highest BCUT2D eigenvalue weighted by Gasteiger charge is 2.34. The quantitative estimate of drug-likeness (QED) is 0.764. The highest BCUT2D eigenvalue weighted by molar-refractivity contribution is 5.95. The van der Waals surface area contributed by atoms with Gasteiger partial charge in [-0.1, -0.05) is 36.4 Å². The first-order valence-corrected chi connectivity index (χ1v) is 9.61. The van der Waals surface area contributed by atoms with Crippen LogP contribution in [-0.4, -0.2) is 29.8 Å². The van der Waals surface area contributed by atoms with Crippen molar-refractivity contribution >= 4 is 17.5 Å². The van der Waals surface area contributed by atoms with Gasteiger partial charge in [0.2, 0.25) is 11.8 Å². The summed E-state index contributed by atoms with van der Waals surface area (Å²) in [5.74, 6) is -0.709. The van der Waals surface area contributed by atoms with Crippen molar-refractivity contribution in [3.63, 3.8) is 0 Å². The Bertz CT molecular complexity index is 896. The molecule has 0 spiro atoms. The number of anilines is 1. The van der Waals surface area contributed by atoms with Crippen LogP contribution >= 0.6 is 0 Å². The lowest BCUT2D eigenvalue weighted by Crippen LogP contribution is -2.38. The van der Waals surface area contributed by atoms with E-state index in [9.17, 15) is 22.8 Å². The zero-order chi connectivity index (χ0) is 21.0. The molecule has 1 aliphatic rings. The summed E-state index contributed by atoms with van der Waals surface area (Å²) < 4.78 is 39.3. The number of nitrogens with zero attached hydrogens (tertiary/aromatic N) is 1. The Hall–Kier alpha value is -2.83. The maximum atomic E-state index is 13.1. The number of fused-ring (bicyclic) bond motifs is 1. The monoisotopic (exact) mass is 404 g/mol. The number of benzene rings is 2. The van der Waals surface area contributed by atoms with Crippen molar-refractivity contribution in [2.45, 2.75) is 38.3 Å². The van der Waals surface area contributed by atoms with Crippen molar-refractivity contribution in [1.82, 2.24) is 4.90 Å². The molecule has 1 unspecified atom stereocenters. The second-order valence-electron chi connectivity index (χ2n) is 7.14. The van der Waals surface area contributed by atoms with Gasteiger partial charge >= 0.3 is 6.18 Å². The SMILES string of the molecule is CCN(CC(=O)Nc1ccccc1C(F)(F)F)C(=O)CC1CCc2ccccc21. The molecule has 2 amide bonds. The fourth-order valence-corrected chi connectivity index (χ4v) is 3.78. The number of carbonyl (C=O) groups is 2. The van der Waals surface area contributed by atoms with Crippen LogP contribution in [0.1, 0.15) is 42.4 Å². The van der Waals surface area contributed by atoms with Crippen molar-refractivity contribution in [3.8, 4) is 0 Å². The number of hydrogen-bond donors (Lipinski definition) is 1. The van der Waals surface area contributed by atoms with E-state index in [-0.39, 0.29) is 30.5 Å². The smallest absolute Gasteiger partial charge is 0.334 e. The summed E-state index contributed by atoms with van der Waals surface area (Å²) in [5, 5.41) is 2.29. The van der Waals surface area contributed by atoms with Gasteiger partial charge in [-0.3, -0.25) is 9.59 Å². The molecule has 0 saturated carbocycles. The Balaban J connectivity index is 1.63. The van der Waals surface area contributed by atoms with Gasteiger partial charge in [-0.05, 0) is 48.9 Å². The predicted molar refractivity (Wildman–Crippen MR) is 104 cm³/mol. The minimum absolute atomic E-state index is 0.113. The van der Waals surface area contributed by atoms with Gasteiger partial charge in [0, 0.05) is 13.0 Å². The Labute approximate surface area is 167 Å². The third-order valence-corrected chi connectivity index (χ3v) is 5.25. The maximum Gasteiger partial charge on any atom is 0.418 e. The lowest BCUT2D eigenvalue weighted by Gasteiger charge is -2.23. The van der Waals surface area contributed by atoms with Crippen LogP contribution in [0.4, 0.5) is 18.9 Å². The van der Waals surface area contributed by atoms with E-state index in [0.717, 1.165) is 18.9 Å². The van der Waals surface area contributed by atoms with E-state index < -0.39 is 17.6 Å². The van der Waals surface area contributed by atoms with E-state index in [1.54, 1.807) is 6.92 Å². The molecule has 0 saturated heterocycles. The highest BCUT2D eigenvalue weighted by atomic mass is 19.4. The minimum atomic E-state index is -4.57. The number of amides is 2. The summed E-state index contributed by atoms with van der Waals surface area (Å²) in [5.41, 5.74) is 1.19. The molecule has 3 rings (SSSR count).